The minimum Gasteiger partial charge on any atom is -0.381 e. The molecule has 19 heavy (non-hydrogen) atoms. The van der Waals surface area contributed by atoms with Crippen LogP contribution in [0.25, 0.3) is 0 Å². The summed E-state index contributed by atoms with van der Waals surface area (Å²) in [6.45, 7) is 5.82. The number of halogens is 1. The van der Waals surface area contributed by atoms with Gasteiger partial charge in [0.05, 0.1) is 5.56 Å². The maximum absolute atomic E-state index is 13.4. The van der Waals surface area contributed by atoms with Gasteiger partial charge in [0.15, 0.2) is 0 Å². The summed E-state index contributed by atoms with van der Waals surface area (Å²) in [5, 5.41) is 2.70. The number of aryl methyl sites for hydroxylation is 1. The molecule has 0 spiro atoms. The highest BCUT2D eigenvalue weighted by Gasteiger charge is 2.10. The zero-order valence-electron chi connectivity index (χ0n) is 11.7. The molecule has 1 amide bonds. The van der Waals surface area contributed by atoms with Crippen LogP contribution in [0.5, 0.6) is 0 Å². The number of unbranched alkanes of at least 4 members (excludes halogenated alkanes) is 1. The van der Waals surface area contributed by atoms with Crippen molar-refractivity contribution < 1.29 is 13.9 Å². The number of hydrogen-bond donors (Lipinski definition) is 1. The number of ether oxygens (including phenoxy) is 1. The van der Waals surface area contributed by atoms with Gasteiger partial charge in [-0.2, -0.15) is 0 Å². The summed E-state index contributed by atoms with van der Waals surface area (Å²) < 4.78 is 18.8. The minimum atomic E-state index is -0.484. The summed E-state index contributed by atoms with van der Waals surface area (Å²) >= 11 is 0. The van der Waals surface area contributed by atoms with Gasteiger partial charge >= 0.3 is 0 Å². The van der Waals surface area contributed by atoms with Crippen molar-refractivity contribution in [1.82, 2.24) is 5.32 Å². The van der Waals surface area contributed by atoms with Crippen LogP contribution >= 0.6 is 0 Å². The van der Waals surface area contributed by atoms with Crippen molar-refractivity contribution in [3.63, 3.8) is 0 Å². The lowest BCUT2D eigenvalue weighted by Crippen LogP contribution is -2.26. The van der Waals surface area contributed by atoms with Gasteiger partial charge in [-0.05, 0) is 31.9 Å². The van der Waals surface area contributed by atoms with Gasteiger partial charge in [-0.1, -0.05) is 25.0 Å². The lowest BCUT2D eigenvalue weighted by atomic mass is 10.1. The average molecular weight is 267 g/mol. The number of carbonyl (C=O) groups excluding carboxylic acids is 1. The van der Waals surface area contributed by atoms with Crippen molar-refractivity contribution in [2.24, 2.45) is 0 Å². The molecule has 1 aromatic carbocycles. The first-order chi connectivity index (χ1) is 9.15. The molecule has 4 heteroatoms. The molecule has 1 rings (SSSR count). The molecule has 0 aliphatic rings. The zero-order chi connectivity index (χ0) is 14.1. The van der Waals surface area contributed by atoms with Gasteiger partial charge in [0.2, 0.25) is 0 Å². The Morgan fingerprint density at radius 1 is 1.32 bits per heavy atom. The fourth-order valence-electron chi connectivity index (χ4n) is 1.63. The van der Waals surface area contributed by atoms with Crippen molar-refractivity contribution in [2.45, 2.75) is 33.1 Å². The SMILES string of the molecule is CCCCOCCCNC(=O)c1cc(C)ccc1F. The molecule has 0 unspecified atom stereocenters. The largest absolute Gasteiger partial charge is 0.381 e. The Balaban J connectivity index is 2.26. The summed E-state index contributed by atoms with van der Waals surface area (Å²) in [7, 11) is 0. The first-order valence-corrected chi connectivity index (χ1v) is 6.77. The van der Waals surface area contributed by atoms with Crippen LogP contribution in [0.4, 0.5) is 4.39 Å². The van der Waals surface area contributed by atoms with Crippen LogP contribution in [0.1, 0.15) is 42.1 Å². The predicted octanol–water partition coefficient (Wildman–Crippen LogP) is 3.07. The highest BCUT2D eigenvalue weighted by atomic mass is 19.1. The van der Waals surface area contributed by atoms with Crippen LogP contribution in [0.15, 0.2) is 18.2 Å². The molecule has 0 heterocycles. The van der Waals surface area contributed by atoms with Gasteiger partial charge < -0.3 is 10.1 Å². The maximum Gasteiger partial charge on any atom is 0.254 e. The van der Waals surface area contributed by atoms with E-state index in [2.05, 4.69) is 12.2 Å². The predicted molar refractivity (Wildman–Crippen MR) is 73.8 cm³/mol. The molecule has 1 N–H and O–H groups in total. The molecular weight excluding hydrogens is 245 g/mol. The highest BCUT2D eigenvalue weighted by Crippen LogP contribution is 2.09. The average Bonchev–Trinajstić information content (AvgIpc) is 2.40. The molecule has 0 fully saturated rings. The Labute approximate surface area is 114 Å². The monoisotopic (exact) mass is 267 g/mol. The van der Waals surface area contributed by atoms with Gasteiger partial charge in [0, 0.05) is 19.8 Å². The number of amides is 1. The van der Waals surface area contributed by atoms with Crippen molar-refractivity contribution in [3.8, 4) is 0 Å². The second-order valence-electron chi connectivity index (χ2n) is 4.56. The summed E-state index contributed by atoms with van der Waals surface area (Å²) in [4.78, 5) is 11.8. The summed E-state index contributed by atoms with van der Waals surface area (Å²) in [6.07, 6.45) is 2.91. The molecule has 3 nitrogen and oxygen atoms in total. The van der Waals surface area contributed by atoms with Gasteiger partial charge in [0.25, 0.3) is 5.91 Å². The summed E-state index contributed by atoms with van der Waals surface area (Å²) in [5.74, 6) is -0.850. The van der Waals surface area contributed by atoms with Crippen LogP contribution < -0.4 is 5.32 Å². The first-order valence-electron chi connectivity index (χ1n) is 6.77. The van der Waals surface area contributed by atoms with E-state index in [4.69, 9.17) is 4.74 Å². The zero-order valence-corrected chi connectivity index (χ0v) is 11.7. The lowest BCUT2D eigenvalue weighted by Gasteiger charge is -2.07. The molecular formula is C15H22FNO2. The lowest BCUT2D eigenvalue weighted by molar-refractivity contribution is 0.0936. The van der Waals surface area contributed by atoms with Crippen molar-refractivity contribution in [2.75, 3.05) is 19.8 Å². The van der Waals surface area contributed by atoms with E-state index >= 15 is 0 Å². The quantitative estimate of drug-likeness (QED) is 0.735. The molecule has 0 bridgehead atoms. The number of benzene rings is 1. The maximum atomic E-state index is 13.4. The molecule has 0 saturated heterocycles. The van der Waals surface area contributed by atoms with E-state index in [1.807, 2.05) is 6.92 Å². The molecule has 1 aromatic rings. The van der Waals surface area contributed by atoms with Crippen LogP contribution in [0.2, 0.25) is 0 Å². The standard InChI is InChI=1S/C15H22FNO2/c1-3-4-9-19-10-5-8-17-15(18)13-11-12(2)6-7-14(13)16/h6-7,11H,3-5,8-10H2,1-2H3,(H,17,18). The molecule has 0 atom stereocenters. The number of hydrogen-bond acceptors (Lipinski definition) is 2. The Morgan fingerprint density at radius 2 is 2.05 bits per heavy atom. The smallest absolute Gasteiger partial charge is 0.254 e. The first kappa shape index (κ1) is 15.6. The molecule has 0 aliphatic heterocycles. The summed E-state index contributed by atoms with van der Waals surface area (Å²) in [6, 6.07) is 4.52. The summed E-state index contributed by atoms with van der Waals surface area (Å²) in [5.41, 5.74) is 0.973. The molecule has 0 saturated carbocycles. The van der Waals surface area contributed by atoms with Crippen LogP contribution in [-0.2, 0) is 4.74 Å². The van der Waals surface area contributed by atoms with Gasteiger partial charge in [-0.25, -0.2) is 4.39 Å². The third-order valence-corrected chi connectivity index (χ3v) is 2.76. The van der Waals surface area contributed by atoms with Crippen molar-refractivity contribution in [3.05, 3.63) is 35.1 Å². The second-order valence-corrected chi connectivity index (χ2v) is 4.56. The third kappa shape index (κ3) is 5.83. The normalized spacial score (nSPS) is 10.5. The molecule has 0 aromatic heterocycles. The van der Waals surface area contributed by atoms with Crippen molar-refractivity contribution in [1.29, 1.82) is 0 Å². The number of rotatable bonds is 8. The Hall–Kier alpha value is -1.42. The van der Waals surface area contributed by atoms with Gasteiger partial charge in [-0.3, -0.25) is 4.79 Å². The van der Waals surface area contributed by atoms with E-state index in [9.17, 15) is 9.18 Å². The fourth-order valence-corrected chi connectivity index (χ4v) is 1.63. The van der Waals surface area contributed by atoms with Gasteiger partial charge in [0.1, 0.15) is 5.82 Å². The molecule has 0 aliphatic carbocycles. The van der Waals surface area contributed by atoms with Crippen LogP contribution in [-0.4, -0.2) is 25.7 Å². The van der Waals surface area contributed by atoms with Crippen LogP contribution in [0.3, 0.4) is 0 Å². The third-order valence-electron chi connectivity index (χ3n) is 2.76. The fraction of sp³-hybridized carbons (Fsp3) is 0.533. The highest BCUT2D eigenvalue weighted by molar-refractivity contribution is 5.94. The van der Waals surface area contributed by atoms with E-state index in [0.717, 1.165) is 31.4 Å². The number of nitrogens with one attached hydrogen (secondary N) is 1. The van der Waals surface area contributed by atoms with E-state index in [-0.39, 0.29) is 11.5 Å². The Kier molecular flexibility index (Phi) is 7.11. The van der Waals surface area contributed by atoms with Crippen LogP contribution in [0, 0.1) is 12.7 Å². The van der Waals surface area contributed by atoms with Gasteiger partial charge in [-0.15, -0.1) is 0 Å². The topological polar surface area (TPSA) is 38.3 Å². The van der Waals surface area contributed by atoms with E-state index < -0.39 is 5.82 Å². The Bertz CT molecular complexity index is 407. The van der Waals surface area contributed by atoms with E-state index in [1.165, 1.54) is 6.07 Å². The molecule has 106 valence electrons. The number of carbonyl (C=O) groups is 1. The molecule has 0 radical (unpaired) electrons. The Morgan fingerprint density at radius 3 is 2.79 bits per heavy atom. The van der Waals surface area contributed by atoms with Crippen molar-refractivity contribution >= 4 is 5.91 Å². The van der Waals surface area contributed by atoms with E-state index in [1.54, 1.807) is 12.1 Å². The van der Waals surface area contributed by atoms with E-state index in [0.29, 0.717) is 13.2 Å². The minimum absolute atomic E-state index is 0.104. The second kappa shape index (κ2) is 8.64.